The second kappa shape index (κ2) is 6.18. The summed E-state index contributed by atoms with van der Waals surface area (Å²) >= 11 is 6.30. The monoisotopic (exact) mass is 431 g/mol. The molecule has 0 fully saturated rings. The summed E-state index contributed by atoms with van der Waals surface area (Å²) in [7, 11) is 0. The second-order valence-electron chi connectivity index (χ2n) is 8.73. The van der Waals surface area contributed by atoms with Crippen molar-refractivity contribution in [1.82, 2.24) is 0 Å². The topological polar surface area (TPSA) is 138 Å². The van der Waals surface area contributed by atoms with E-state index in [1.165, 1.54) is 19.1 Å². The first-order chi connectivity index (χ1) is 13.8. The number of hydrogen-bond acceptors (Lipinski definition) is 6. The zero-order valence-corrected chi connectivity index (χ0v) is 17.5. The van der Waals surface area contributed by atoms with Crippen LogP contribution in [0.3, 0.4) is 0 Å². The lowest BCUT2D eigenvalue weighted by Crippen LogP contribution is -2.51. The van der Waals surface area contributed by atoms with Crippen molar-refractivity contribution in [3.8, 4) is 5.75 Å². The number of rotatable bonds is 1. The molecule has 4 rings (SSSR count). The van der Waals surface area contributed by atoms with Gasteiger partial charge in [0.15, 0.2) is 11.6 Å². The number of halogens is 1. The molecule has 1 amide bonds. The number of Topliss-reactive ketones (excluding diaryl/α,β-unsaturated/α-hetero) is 2. The molecule has 3 aliphatic rings. The van der Waals surface area contributed by atoms with E-state index in [1.807, 2.05) is 0 Å². The molecule has 0 spiro atoms. The Bertz CT molecular complexity index is 1110. The van der Waals surface area contributed by atoms with Crippen LogP contribution in [-0.2, 0) is 15.2 Å². The summed E-state index contributed by atoms with van der Waals surface area (Å²) in [5.74, 6) is -3.99. The molecule has 1 aromatic carbocycles. The van der Waals surface area contributed by atoms with Crippen LogP contribution >= 0.6 is 11.6 Å². The maximum absolute atomic E-state index is 13.5. The van der Waals surface area contributed by atoms with E-state index in [-0.39, 0.29) is 40.3 Å². The Kier molecular flexibility index (Phi) is 4.25. The first-order valence-corrected chi connectivity index (χ1v) is 9.99. The lowest BCUT2D eigenvalue weighted by molar-refractivity contribution is -0.124. The number of carbonyl (C=O) groups excluding carboxylic acids is 3. The number of allylic oxidation sites excluding steroid dienone is 1. The minimum absolute atomic E-state index is 0.0507. The van der Waals surface area contributed by atoms with Crippen LogP contribution in [0.5, 0.6) is 5.75 Å². The summed E-state index contributed by atoms with van der Waals surface area (Å²) in [6.07, 6.45) is 0.153. The average Bonchev–Trinajstić information content (AvgIpc) is 2.64. The van der Waals surface area contributed by atoms with Gasteiger partial charge in [-0.05, 0) is 45.2 Å². The van der Waals surface area contributed by atoms with Crippen molar-refractivity contribution in [2.45, 2.75) is 39.2 Å². The summed E-state index contributed by atoms with van der Waals surface area (Å²) in [6, 6.07) is 2.71. The zero-order chi connectivity index (χ0) is 22.3. The average molecular weight is 432 g/mol. The molecule has 0 aromatic heterocycles. The second-order valence-corrected chi connectivity index (χ2v) is 9.14. The molecule has 0 saturated carbocycles. The van der Waals surface area contributed by atoms with Crippen LogP contribution in [0.25, 0.3) is 0 Å². The van der Waals surface area contributed by atoms with Crippen LogP contribution < -0.4 is 5.73 Å². The summed E-state index contributed by atoms with van der Waals surface area (Å²) in [5, 5.41) is 32.9. The molecule has 158 valence electrons. The van der Waals surface area contributed by atoms with E-state index in [2.05, 4.69) is 0 Å². The van der Waals surface area contributed by atoms with Crippen molar-refractivity contribution >= 4 is 29.1 Å². The van der Waals surface area contributed by atoms with Gasteiger partial charge < -0.3 is 21.1 Å². The zero-order valence-electron chi connectivity index (χ0n) is 16.7. The number of phenols is 1. The van der Waals surface area contributed by atoms with Crippen LogP contribution in [0.2, 0.25) is 5.02 Å². The standard InChI is InChI=1S/C22H22ClNO6/c1-8-14-10(6-9-7-13(26)16(20(24)29)19(28)21(8,9)2)22(3,30)17-11(23)4-5-12(25)15(17)18(14)27/h4-5,9-10,25,28,30H,6-7H2,1-3H3,(H2,24,29). The predicted octanol–water partition coefficient (Wildman–Crippen LogP) is 2.68. The fraction of sp³-hybridized carbons (Fsp3) is 0.409. The number of amides is 1. The number of phenolic OH excluding ortho intramolecular Hbond substituents is 1. The Morgan fingerprint density at radius 3 is 2.47 bits per heavy atom. The van der Waals surface area contributed by atoms with Gasteiger partial charge in [-0.25, -0.2) is 0 Å². The summed E-state index contributed by atoms with van der Waals surface area (Å²) in [5.41, 5.74) is 2.86. The van der Waals surface area contributed by atoms with Gasteiger partial charge in [0.25, 0.3) is 5.91 Å². The predicted molar refractivity (Wildman–Crippen MR) is 108 cm³/mol. The number of nitrogens with two attached hydrogens (primary N) is 1. The van der Waals surface area contributed by atoms with Crippen molar-refractivity contribution in [2.24, 2.45) is 23.0 Å². The quantitative estimate of drug-likeness (QED) is 0.504. The third-order valence-corrected chi connectivity index (χ3v) is 7.66. The highest BCUT2D eigenvalue weighted by Gasteiger charge is 2.58. The van der Waals surface area contributed by atoms with Gasteiger partial charge >= 0.3 is 0 Å². The van der Waals surface area contributed by atoms with Gasteiger partial charge in [-0.3, -0.25) is 14.4 Å². The van der Waals surface area contributed by atoms with Crippen LogP contribution in [-0.4, -0.2) is 32.8 Å². The van der Waals surface area contributed by atoms with Crippen molar-refractivity contribution < 1.29 is 29.7 Å². The van der Waals surface area contributed by atoms with E-state index in [1.54, 1.807) is 13.8 Å². The number of aliphatic hydroxyl groups is 2. The van der Waals surface area contributed by atoms with Gasteiger partial charge in [0.05, 0.1) is 16.6 Å². The highest BCUT2D eigenvalue weighted by atomic mass is 35.5. The molecule has 5 N–H and O–H groups in total. The fourth-order valence-electron chi connectivity index (χ4n) is 5.55. The molecule has 4 unspecified atom stereocenters. The van der Waals surface area contributed by atoms with E-state index in [9.17, 15) is 29.7 Å². The van der Waals surface area contributed by atoms with Crippen LogP contribution in [0.1, 0.15) is 49.5 Å². The first kappa shape index (κ1) is 20.6. The van der Waals surface area contributed by atoms with Gasteiger partial charge in [-0.2, -0.15) is 0 Å². The highest BCUT2D eigenvalue weighted by molar-refractivity contribution is 6.33. The lowest BCUT2D eigenvalue weighted by Gasteiger charge is -2.52. The number of fused-ring (bicyclic) bond motifs is 3. The minimum Gasteiger partial charge on any atom is -0.510 e. The molecule has 8 heteroatoms. The lowest BCUT2D eigenvalue weighted by atomic mass is 9.51. The van der Waals surface area contributed by atoms with E-state index in [4.69, 9.17) is 17.3 Å². The van der Waals surface area contributed by atoms with Gasteiger partial charge in [-0.15, -0.1) is 0 Å². The van der Waals surface area contributed by atoms with Crippen molar-refractivity contribution in [3.05, 3.63) is 50.8 Å². The minimum atomic E-state index is -1.59. The Hall–Kier alpha value is -2.64. The van der Waals surface area contributed by atoms with Gasteiger partial charge in [0.2, 0.25) is 0 Å². The summed E-state index contributed by atoms with van der Waals surface area (Å²) < 4.78 is 0. The number of primary amides is 1. The Morgan fingerprint density at radius 1 is 1.23 bits per heavy atom. The molecular weight excluding hydrogens is 410 g/mol. The first-order valence-electron chi connectivity index (χ1n) is 9.62. The van der Waals surface area contributed by atoms with Gasteiger partial charge in [0, 0.05) is 28.5 Å². The molecule has 30 heavy (non-hydrogen) atoms. The Balaban J connectivity index is 2.05. The number of carbonyl (C=O) groups is 3. The molecule has 0 bridgehead atoms. The summed E-state index contributed by atoms with van der Waals surface area (Å²) in [6.45, 7) is 4.83. The molecule has 3 aliphatic carbocycles. The highest BCUT2D eigenvalue weighted by Crippen LogP contribution is 2.61. The largest absolute Gasteiger partial charge is 0.510 e. The normalized spacial score (nSPS) is 33.2. The van der Waals surface area contributed by atoms with Crippen molar-refractivity contribution in [1.29, 1.82) is 0 Å². The maximum atomic E-state index is 13.5. The maximum Gasteiger partial charge on any atom is 0.255 e. The molecule has 0 saturated heterocycles. The Labute approximate surface area is 177 Å². The fourth-order valence-corrected chi connectivity index (χ4v) is 5.90. The van der Waals surface area contributed by atoms with Crippen molar-refractivity contribution in [3.63, 3.8) is 0 Å². The van der Waals surface area contributed by atoms with Gasteiger partial charge in [0.1, 0.15) is 17.1 Å². The molecule has 0 aliphatic heterocycles. The molecule has 4 atom stereocenters. The van der Waals surface area contributed by atoms with E-state index < -0.39 is 51.7 Å². The van der Waals surface area contributed by atoms with Crippen LogP contribution in [0.4, 0.5) is 0 Å². The molecule has 0 radical (unpaired) electrons. The Morgan fingerprint density at radius 2 is 1.87 bits per heavy atom. The van der Waals surface area contributed by atoms with Gasteiger partial charge in [-0.1, -0.05) is 17.2 Å². The van der Waals surface area contributed by atoms with E-state index in [0.29, 0.717) is 5.57 Å². The third-order valence-electron chi connectivity index (χ3n) is 7.34. The third kappa shape index (κ3) is 2.33. The van der Waals surface area contributed by atoms with Crippen LogP contribution in [0, 0.1) is 17.3 Å². The van der Waals surface area contributed by atoms with E-state index >= 15 is 0 Å². The smallest absolute Gasteiger partial charge is 0.255 e. The number of ketones is 2. The molecule has 1 aromatic rings. The number of aromatic hydroxyl groups is 1. The SMILES string of the molecule is CC1=C2C(=O)c3c(O)ccc(Cl)c3C(C)(O)C2CC2CC(=O)C(C(N)=O)=C(O)C12C. The molecular formula is C22H22ClNO6. The number of benzene rings is 1. The van der Waals surface area contributed by atoms with Crippen molar-refractivity contribution in [2.75, 3.05) is 0 Å². The molecule has 0 heterocycles. The van der Waals surface area contributed by atoms with E-state index in [0.717, 1.165) is 0 Å². The van der Waals surface area contributed by atoms with Crippen LogP contribution in [0.15, 0.2) is 34.6 Å². The molecule has 7 nitrogen and oxygen atoms in total. The number of hydrogen-bond donors (Lipinski definition) is 4. The number of aliphatic hydroxyl groups excluding tert-OH is 1. The summed E-state index contributed by atoms with van der Waals surface area (Å²) in [4.78, 5) is 37.8.